The van der Waals surface area contributed by atoms with Crippen LogP contribution in [0, 0.1) is 34.0 Å². The molecule has 0 aliphatic carbocycles. The van der Waals surface area contributed by atoms with Crippen LogP contribution in [0.25, 0.3) is 10.9 Å². The number of thiol groups is 3. The van der Waals surface area contributed by atoms with E-state index in [0.717, 1.165) is 31.7 Å². The maximum Gasteiger partial charge on any atom is 0.326 e. The molecule has 20 amide bonds. The number of aromatic amines is 1. The third kappa shape index (κ3) is 46.7. The van der Waals surface area contributed by atoms with E-state index < -0.39 is 337 Å². The highest BCUT2D eigenvalue weighted by Crippen LogP contribution is 2.20. The number of aromatic nitrogens is 1. The van der Waals surface area contributed by atoms with E-state index in [9.17, 15) is 131 Å². The van der Waals surface area contributed by atoms with Crippen molar-refractivity contribution < 1.29 is 131 Å². The number of hydrogen-bond acceptors (Lipinski definition) is 32. The van der Waals surface area contributed by atoms with Crippen LogP contribution < -0.4 is 146 Å². The zero-order valence-electron chi connectivity index (χ0n) is 83.6. The van der Waals surface area contributed by atoms with Gasteiger partial charge >= 0.3 is 11.9 Å². The molecular weight excluding hydrogens is 2010 g/mol. The van der Waals surface area contributed by atoms with Crippen LogP contribution in [0.15, 0.2) is 30.5 Å². The van der Waals surface area contributed by atoms with E-state index in [-0.39, 0.29) is 83.8 Å². The minimum atomic E-state index is -1.90. The molecule has 2 aromatic rings. The van der Waals surface area contributed by atoms with E-state index >= 15 is 0 Å². The number of nitrogens with two attached hydrogens (primary N) is 5. The number of primary amides is 1. The van der Waals surface area contributed by atoms with E-state index in [0.29, 0.717) is 5.56 Å². The van der Waals surface area contributed by atoms with Crippen LogP contribution in [-0.2, 0) is 112 Å². The normalized spacial score (nSPS) is 15.5. The predicted molar refractivity (Wildman–Crippen MR) is 543 cm³/mol. The first-order chi connectivity index (χ1) is 69.5. The topological polar surface area (TPSA) is 959 Å². The maximum absolute atomic E-state index is 14.4. The Labute approximate surface area is 868 Å². The molecule has 0 spiro atoms. The summed E-state index contributed by atoms with van der Waals surface area (Å²) in [6, 6.07) is -20.3. The number of hydrogen-bond donors (Lipinski definition) is 39. The van der Waals surface area contributed by atoms with Crippen molar-refractivity contribution in [3.05, 3.63) is 36.0 Å². The maximum atomic E-state index is 14.4. The van der Waals surface area contributed by atoms with Crippen molar-refractivity contribution in [2.75, 3.05) is 63.1 Å². The molecular formula is C87H145N31O27S3. The molecule has 1 aromatic heterocycles. The second-order valence-corrected chi connectivity index (χ2v) is 36.0. The lowest BCUT2D eigenvalue weighted by Gasteiger charge is -2.30. The third-order valence-electron chi connectivity index (χ3n) is 22.9. The number of H-pyrrole nitrogens is 1. The van der Waals surface area contributed by atoms with Crippen molar-refractivity contribution in [3.63, 3.8) is 0 Å². The van der Waals surface area contributed by atoms with E-state index in [2.05, 4.69) is 160 Å². The van der Waals surface area contributed by atoms with Gasteiger partial charge in [0.25, 0.3) is 0 Å². The van der Waals surface area contributed by atoms with Gasteiger partial charge in [0.2, 0.25) is 118 Å². The fourth-order valence-electron chi connectivity index (χ4n) is 13.8. The quantitative estimate of drug-likeness (QED) is 0.0127. The number of carbonyl (C=O) groups excluding carboxylic acids is 20. The Hall–Kier alpha value is -14.2. The number of nitrogens with one attached hydrogen (secondary N) is 26. The number of guanidine groups is 3. The third-order valence-corrected chi connectivity index (χ3v) is 24.0. The molecule has 22 atom stereocenters. The summed E-state index contributed by atoms with van der Waals surface area (Å²) in [5.74, 6) is -29.3. The average Bonchev–Trinajstić information content (AvgIpc) is 1.68. The molecule has 0 bridgehead atoms. The average molecular weight is 2150 g/mol. The van der Waals surface area contributed by atoms with Gasteiger partial charge in [0.15, 0.2) is 17.9 Å². The molecule has 0 aliphatic heterocycles. The molecule has 61 heteroatoms. The van der Waals surface area contributed by atoms with Gasteiger partial charge in [-0.2, -0.15) is 37.9 Å². The number of amides is 20. The molecule has 0 fully saturated rings. The zero-order valence-corrected chi connectivity index (χ0v) is 86.3. The predicted octanol–water partition coefficient (Wildman–Crippen LogP) is -12.9. The Kier molecular flexibility index (Phi) is 58.6. The molecule has 0 aliphatic rings. The Balaban J connectivity index is 2.20. The zero-order chi connectivity index (χ0) is 112. The summed E-state index contributed by atoms with van der Waals surface area (Å²) in [5.41, 5.74) is 29.1. The smallest absolute Gasteiger partial charge is 0.326 e. The van der Waals surface area contributed by atoms with Crippen LogP contribution in [0.5, 0.6) is 0 Å². The Morgan fingerprint density at radius 3 is 1.10 bits per heavy atom. The summed E-state index contributed by atoms with van der Waals surface area (Å²) in [4.78, 5) is 300. The number of rotatable bonds is 69. The van der Waals surface area contributed by atoms with Crippen LogP contribution in [0.3, 0.4) is 0 Å². The van der Waals surface area contributed by atoms with Gasteiger partial charge in [-0.3, -0.25) is 117 Å². The largest absolute Gasteiger partial charge is 0.481 e. The monoisotopic (exact) mass is 2150 g/mol. The summed E-state index contributed by atoms with van der Waals surface area (Å²) < 4.78 is 0. The lowest BCUT2D eigenvalue weighted by molar-refractivity contribution is -0.143. The summed E-state index contributed by atoms with van der Waals surface area (Å²) in [7, 11) is 0. The van der Waals surface area contributed by atoms with E-state index in [1.165, 1.54) is 20.8 Å². The Morgan fingerprint density at radius 2 is 0.682 bits per heavy atom. The van der Waals surface area contributed by atoms with Crippen molar-refractivity contribution in [1.82, 2.24) is 122 Å². The fraction of sp³-hybridized carbons (Fsp3) is 0.621. The molecule has 0 saturated carbocycles. The lowest BCUT2D eigenvalue weighted by Crippen LogP contribution is -2.63. The van der Waals surface area contributed by atoms with Crippen molar-refractivity contribution >= 4 is 197 Å². The number of carboxylic acid groups (broad SMARTS) is 2. The van der Waals surface area contributed by atoms with Crippen LogP contribution >= 0.6 is 37.9 Å². The fourth-order valence-corrected chi connectivity index (χ4v) is 14.6. The number of aliphatic carboxylic acids is 2. The standard InChI is InChI=1S/C87H145N31O27S3/c1-11-38(4)63(114-76(136)57(37-148)113-82(142)66(43(9)120)117-77(137)55(35-146)111-74(134)53(29-62(126)127)109-70(130)47(88)27-45-30-99-48-20-15-14-19-46(45)48)79(139)102-31-59(123)103-41(7)68(128)100-32-60(124)105-49(21-16-24-96-85(90)91)71(131)101-33-61(125)106-50(22-17-25-97-86(92)93)72(132)115-65(40(6)13-3)81(141)110-54(34-119)75(135)112-56(36-147)78(138)118-67(44(10)121)83(143)116-64(39(5)12-2)80(140)104-42(8)69(129)108-52(28-58(89)122)73(133)107-51(84(144)145)23-18-26-98-87(94)95/h14-15,19-20,30,38-44,47,49-57,63-67,99,119-121,146-148H,11-13,16-18,21-29,31-37,88H2,1-10H3,(H2,89,122)(H,100,128)(H,101,131)(H,102,139)(H,103,123)(H,104,140)(H,105,124)(H,106,125)(H,107,133)(H,108,129)(H,109,130)(H,110,141)(H,111,134)(H,112,135)(H,113,142)(H,114,136)(H,115,132)(H,116,143)(H,117,137)(H,118,138)(H,126,127)(H,144,145)(H4,90,91,96)(H4,92,93,97)(H4,94,95,98)/t38-,39-,40-,41-,42-,43+,44+,47-,49-,50-,51-,52-,53-,54-,55-,56-,57-,63-,64-,65-,66-,67-/m0/s1. The van der Waals surface area contributed by atoms with Crippen LogP contribution in [0.2, 0.25) is 0 Å². The number of aliphatic hydroxyl groups excluding tert-OH is 3. The van der Waals surface area contributed by atoms with Crippen LogP contribution in [0.1, 0.15) is 145 Å². The molecule has 0 saturated heterocycles. The summed E-state index contributed by atoms with van der Waals surface area (Å²) in [6.07, 6.45) is -3.50. The van der Waals surface area contributed by atoms with Crippen molar-refractivity contribution in [3.8, 4) is 0 Å². The first kappa shape index (κ1) is 130. The van der Waals surface area contributed by atoms with E-state index in [1.807, 2.05) is 0 Å². The van der Waals surface area contributed by atoms with Gasteiger partial charge in [0.05, 0.1) is 57.3 Å². The molecule has 1 heterocycles. The molecule has 0 radical (unpaired) electrons. The highest BCUT2D eigenvalue weighted by Gasteiger charge is 2.42. The van der Waals surface area contributed by atoms with Gasteiger partial charge in [-0.15, -0.1) is 0 Å². The van der Waals surface area contributed by atoms with Gasteiger partial charge in [-0.05, 0) is 102 Å². The number of para-hydroxylation sites is 1. The van der Waals surface area contributed by atoms with Gasteiger partial charge < -0.3 is 176 Å². The van der Waals surface area contributed by atoms with Gasteiger partial charge in [0, 0.05) is 54.0 Å². The Bertz CT molecular complexity index is 4950. The second kappa shape index (κ2) is 66.8. The van der Waals surface area contributed by atoms with Gasteiger partial charge in [-0.25, -0.2) is 4.79 Å². The van der Waals surface area contributed by atoms with Gasteiger partial charge in [-0.1, -0.05) is 79.0 Å². The van der Waals surface area contributed by atoms with E-state index in [1.54, 1.807) is 58.2 Å². The number of carboxylic acids is 2. The minimum Gasteiger partial charge on any atom is -0.481 e. The van der Waals surface area contributed by atoms with Crippen molar-refractivity contribution in [1.29, 1.82) is 16.2 Å². The number of aliphatic hydroxyl groups is 3. The highest BCUT2D eigenvalue weighted by molar-refractivity contribution is 7.80. The minimum absolute atomic E-state index is 0.00753. The van der Waals surface area contributed by atoms with Crippen LogP contribution in [-0.4, -0.2) is 357 Å². The van der Waals surface area contributed by atoms with Crippen LogP contribution in [0.4, 0.5) is 0 Å². The molecule has 41 N–H and O–H groups in total. The highest BCUT2D eigenvalue weighted by atomic mass is 32.1. The molecule has 148 heavy (non-hydrogen) atoms. The number of benzene rings is 1. The second-order valence-electron chi connectivity index (χ2n) is 34.9. The van der Waals surface area contributed by atoms with Crippen molar-refractivity contribution in [2.45, 2.75) is 261 Å². The summed E-state index contributed by atoms with van der Waals surface area (Å²) >= 11 is 12.5. The summed E-state index contributed by atoms with van der Waals surface area (Å²) in [5, 5.41) is 127. The molecule has 828 valence electrons. The lowest BCUT2D eigenvalue weighted by atomic mass is 9.97. The number of fused-ring (bicyclic) bond motifs is 1. The SMILES string of the molecule is CC[C@H](C)[C@H](NC(=O)[C@H](CS)NC(=O)[C@@H](NC(=O)[C@H](CS)NC(=O)[C@H](CC(=O)O)NC(=O)[C@@H](N)Cc1c[nH]c2ccccc12)[C@@H](C)O)C(=O)NCC(=O)N[C@@H](C)C(=O)NCC(=O)N[C@@H](CCCNC(=N)N)C(=O)NCC(=O)N[C@@H](CCCNC(=N)N)C(=O)N[C@H](C(=O)N[C@@H](CO)C(=O)N[C@@H](CS)C(=O)N[C@H](C(=O)N[C@H](C(=O)N[C@@H](C)C(=O)N[C@@H](CC(N)=O)C(=O)N[C@@H](CCCNC(=N)N)C(=O)O)[C@@H](C)CC)[C@@H](C)O)[C@@H](C)CC. The molecule has 0 unspecified atom stereocenters. The Morgan fingerprint density at radius 1 is 0.358 bits per heavy atom. The van der Waals surface area contributed by atoms with Crippen molar-refractivity contribution in [2.24, 2.45) is 46.4 Å². The molecule has 1 aromatic carbocycles. The first-order valence-corrected chi connectivity index (χ1v) is 49.2. The summed E-state index contributed by atoms with van der Waals surface area (Å²) in [6.45, 7) is 10.4. The number of carbonyl (C=O) groups is 22. The molecule has 2 rings (SSSR count). The first-order valence-electron chi connectivity index (χ1n) is 47.3. The van der Waals surface area contributed by atoms with E-state index in [4.69, 9.17) is 44.9 Å². The molecule has 58 nitrogen and oxygen atoms in total. The van der Waals surface area contributed by atoms with Gasteiger partial charge in [0.1, 0.15) is 96.7 Å².